The van der Waals surface area contributed by atoms with Crippen LogP contribution in [0.5, 0.6) is 0 Å². The number of nitrogens with two attached hydrogens (primary N) is 1. The predicted octanol–water partition coefficient (Wildman–Crippen LogP) is 5.69. The number of halogens is 1. The minimum Gasteiger partial charge on any atom is -0.395 e. The van der Waals surface area contributed by atoms with Gasteiger partial charge >= 0.3 is 0 Å². The van der Waals surface area contributed by atoms with Gasteiger partial charge in [0, 0.05) is 17.5 Å². The Kier molecular flexibility index (Phi) is 9.05. The molecule has 0 bridgehead atoms. The first-order valence-electron chi connectivity index (χ1n) is 13.4. The summed E-state index contributed by atoms with van der Waals surface area (Å²) in [5.74, 6) is -2.35. The summed E-state index contributed by atoms with van der Waals surface area (Å²) in [6.45, 7) is 0.217. The number of nitrogen functional groups attached to an aromatic ring is 1. The van der Waals surface area contributed by atoms with Gasteiger partial charge < -0.3 is 16.4 Å². The van der Waals surface area contributed by atoms with E-state index < -0.39 is 29.6 Å². The van der Waals surface area contributed by atoms with Crippen molar-refractivity contribution in [3.05, 3.63) is 98.9 Å². The van der Waals surface area contributed by atoms with Crippen LogP contribution in [0.3, 0.4) is 0 Å². The molecule has 4 N–H and O–H groups in total. The van der Waals surface area contributed by atoms with E-state index in [0.717, 1.165) is 54.1 Å². The lowest BCUT2D eigenvalue weighted by molar-refractivity contribution is -0.122. The molecule has 1 aliphatic rings. The lowest BCUT2D eigenvalue weighted by Gasteiger charge is -2.30. The standard InChI is InChI=1S/C30H30FN5O3S2/c31-21-14-7-8-15-22(21)36(26(23-16-9-17-40-23)29(38)33-18-19-10-3-1-4-11-19)30(39)27-24(32)25(35-41-27)28(37)34-20-12-5-2-6-13-20/h1,3-4,7-11,14-17,20,26H,2,5-6,12-13,18,32H2,(H,33,38)(H,34,37)/t26-/m1/s1. The Morgan fingerprint density at radius 1 is 1.00 bits per heavy atom. The van der Waals surface area contributed by atoms with Gasteiger partial charge in [0.2, 0.25) is 5.91 Å². The van der Waals surface area contributed by atoms with Gasteiger partial charge in [-0.3, -0.25) is 19.3 Å². The van der Waals surface area contributed by atoms with Gasteiger partial charge in [-0.2, -0.15) is 4.37 Å². The molecule has 3 amide bonds. The Hall–Kier alpha value is -4.09. The number of aromatic nitrogens is 1. The number of anilines is 2. The lowest BCUT2D eigenvalue weighted by atomic mass is 9.95. The number of hydrogen-bond donors (Lipinski definition) is 3. The highest BCUT2D eigenvalue weighted by Crippen LogP contribution is 2.36. The fourth-order valence-electron chi connectivity index (χ4n) is 4.94. The monoisotopic (exact) mass is 591 g/mol. The molecule has 0 spiro atoms. The summed E-state index contributed by atoms with van der Waals surface area (Å²) in [7, 11) is 0. The van der Waals surface area contributed by atoms with Crippen LogP contribution < -0.4 is 21.3 Å². The van der Waals surface area contributed by atoms with Gasteiger partial charge in [0.1, 0.15) is 10.7 Å². The van der Waals surface area contributed by atoms with Crippen LogP contribution in [0.4, 0.5) is 15.8 Å². The van der Waals surface area contributed by atoms with E-state index in [4.69, 9.17) is 5.73 Å². The predicted molar refractivity (Wildman–Crippen MR) is 159 cm³/mol. The molecule has 4 aromatic rings. The highest BCUT2D eigenvalue weighted by molar-refractivity contribution is 7.10. The maximum Gasteiger partial charge on any atom is 0.273 e. The largest absolute Gasteiger partial charge is 0.395 e. The zero-order valence-corrected chi connectivity index (χ0v) is 23.8. The van der Waals surface area contributed by atoms with E-state index in [0.29, 0.717) is 4.88 Å². The third kappa shape index (κ3) is 6.47. The Morgan fingerprint density at radius 2 is 1.73 bits per heavy atom. The maximum absolute atomic E-state index is 15.3. The van der Waals surface area contributed by atoms with Crippen LogP contribution in [-0.4, -0.2) is 28.1 Å². The van der Waals surface area contributed by atoms with Gasteiger partial charge in [0.25, 0.3) is 11.8 Å². The zero-order valence-electron chi connectivity index (χ0n) is 22.2. The molecule has 1 aliphatic carbocycles. The summed E-state index contributed by atoms with van der Waals surface area (Å²) >= 11 is 2.03. The number of carbonyl (C=O) groups excluding carboxylic acids is 3. The van der Waals surface area contributed by atoms with Crippen LogP contribution in [0, 0.1) is 5.82 Å². The van der Waals surface area contributed by atoms with Crippen molar-refractivity contribution in [2.75, 3.05) is 10.6 Å². The lowest BCUT2D eigenvalue weighted by Crippen LogP contribution is -2.44. The molecule has 41 heavy (non-hydrogen) atoms. The van der Waals surface area contributed by atoms with Gasteiger partial charge in [0.05, 0.1) is 11.4 Å². The molecule has 11 heteroatoms. The second kappa shape index (κ2) is 13.0. The van der Waals surface area contributed by atoms with Crippen LogP contribution in [0.25, 0.3) is 0 Å². The number of benzene rings is 2. The molecule has 1 atom stereocenters. The number of nitrogens with zero attached hydrogens (tertiary/aromatic N) is 2. The molecule has 0 unspecified atom stereocenters. The fourth-order valence-corrected chi connectivity index (χ4v) is 6.49. The van der Waals surface area contributed by atoms with Gasteiger partial charge in [-0.15, -0.1) is 11.3 Å². The SMILES string of the molecule is Nc1c(C(=O)NC2CCCCC2)nsc1C(=O)N(c1ccccc1F)[C@@H](C(=O)NCc1ccccc1)c1cccs1. The molecule has 2 heterocycles. The van der Waals surface area contributed by atoms with Crippen LogP contribution in [0.2, 0.25) is 0 Å². The summed E-state index contributed by atoms with van der Waals surface area (Å²) < 4.78 is 19.5. The first-order chi connectivity index (χ1) is 19.9. The zero-order chi connectivity index (χ0) is 28.8. The molecule has 0 aliphatic heterocycles. The van der Waals surface area contributed by atoms with Crippen molar-refractivity contribution in [3.8, 4) is 0 Å². The van der Waals surface area contributed by atoms with Crippen molar-refractivity contribution in [1.82, 2.24) is 15.0 Å². The highest BCUT2D eigenvalue weighted by atomic mass is 32.1. The van der Waals surface area contributed by atoms with Crippen molar-refractivity contribution in [2.24, 2.45) is 0 Å². The van der Waals surface area contributed by atoms with Crippen molar-refractivity contribution in [2.45, 2.75) is 50.7 Å². The van der Waals surface area contributed by atoms with Gasteiger partial charge in [0.15, 0.2) is 11.7 Å². The number of hydrogen-bond acceptors (Lipinski definition) is 7. The second-order valence-electron chi connectivity index (χ2n) is 9.83. The molecule has 0 radical (unpaired) electrons. The van der Waals surface area contributed by atoms with Crippen molar-refractivity contribution in [3.63, 3.8) is 0 Å². The summed E-state index contributed by atoms with van der Waals surface area (Å²) in [5.41, 5.74) is 6.98. The smallest absolute Gasteiger partial charge is 0.273 e. The molecule has 212 valence electrons. The first-order valence-corrected chi connectivity index (χ1v) is 15.1. The topological polar surface area (TPSA) is 117 Å². The molecule has 1 fully saturated rings. The number of carbonyl (C=O) groups is 3. The van der Waals surface area contributed by atoms with Gasteiger partial charge in [-0.05, 0) is 53.5 Å². The van der Waals surface area contributed by atoms with Crippen LogP contribution in [-0.2, 0) is 11.3 Å². The highest BCUT2D eigenvalue weighted by Gasteiger charge is 2.38. The van der Waals surface area contributed by atoms with E-state index >= 15 is 4.39 Å². The Balaban J connectivity index is 1.49. The Morgan fingerprint density at radius 3 is 2.44 bits per heavy atom. The number of amides is 3. The van der Waals surface area contributed by atoms with Crippen molar-refractivity contribution >= 4 is 52.0 Å². The molecule has 5 rings (SSSR count). The van der Waals surface area contributed by atoms with E-state index in [1.165, 1.54) is 29.5 Å². The Labute approximate surface area is 245 Å². The number of nitrogens with one attached hydrogen (secondary N) is 2. The average Bonchev–Trinajstić information content (AvgIpc) is 3.66. The summed E-state index contributed by atoms with van der Waals surface area (Å²) in [4.78, 5) is 42.6. The van der Waals surface area contributed by atoms with E-state index in [1.54, 1.807) is 23.6 Å². The molecular formula is C30H30FN5O3S2. The van der Waals surface area contributed by atoms with Gasteiger partial charge in [-0.1, -0.05) is 67.8 Å². The third-order valence-corrected chi connectivity index (χ3v) is 8.81. The molecule has 2 aromatic carbocycles. The molecular weight excluding hydrogens is 561 g/mol. The molecule has 8 nitrogen and oxygen atoms in total. The van der Waals surface area contributed by atoms with E-state index in [-0.39, 0.29) is 34.5 Å². The van der Waals surface area contributed by atoms with E-state index in [1.807, 2.05) is 30.3 Å². The average molecular weight is 592 g/mol. The minimum absolute atomic E-state index is 0.0305. The van der Waals surface area contributed by atoms with Gasteiger partial charge in [-0.25, -0.2) is 4.39 Å². The molecule has 1 saturated carbocycles. The first kappa shape index (κ1) is 28.4. The fraction of sp³-hybridized carbons (Fsp3) is 0.267. The Bertz CT molecular complexity index is 1500. The maximum atomic E-state index is 15.3. The number of rotatable bonds is 9. The summed E-state index contributed by atoms with van der Waals surface area (Å²) in [6, 6.07) is 17.4. The van der Waals surface area contributed by atoms with Crippen LogP contribution in [0.15, 0.2) is 72.1 Å². The summed E-state index contributed by atoms with van der Waals surface area (Å²) in [5, 5.41) is 7.65. The second-order valence-corrected chi connectivity index (χ2v) is 11.6. The molecule has 2 aromatic heterocycles. The van der Waals surface area contributed by atoms with E-state index in [2.05, 4.69) is 15.0 Å². The normalized spacial score (nSPS) is 14.3. The minimum atomic E-state index is -1.20. The van der Waals surface area contributed by atoms with E-state index in [9.17, 15) is 14.4 Å². The molecule has 0 saturated heterocycles. The van der Waals surface area contributed by atoms with Crippen LogP contribution >= 0.6 is 22.9 Å². The quantitative estimate of drug-likeness (QED) is 0.231. The third-order valence-electron chi connectivity index (χ3n) is 7.04. The van der Waals surface area contributed by atoms with Crippen molar-refractivity contribution in [1.29, 1.82) is 0 Å². The number of thiophene rings is 1. The van der Waals surface area contributed by atoms with Crippen LogP contribution in [0.1, 0.15) is 68.7 Å². The summed E-state index contributed by atoms with van der Waals surface area (Å²) in [6.07, 6.45) is 4.97. The van der Waals surface area contributed by atoms with Crippen molar-refractivity contribution < 1.29 is 18.8 Å². The number of para-hydroxylation sites is 1.